The van der Waals surface area contributed by atoms with Gasteiger partial charge in [-0.25, -0.2) is 4.98 Å². The zero-order valence-electron chi connectivity index (χ0n) is 18.2. The summed E-state index contributed by atoms with van der Waals surface area (Å²) in [6, 6.07) is 10.2. The maximum atomic E-state index is 12.7. The molecule has 0 spiro atoms. The molecule has 1 saturated carbocycles. The van der Waals surface area contributed by atoms with E-state index in [9.17, 15) is 9.59 Å². The van der Waals surface area contributed by atoms with E-state index in [2.05, 4.69) is 25.8 Å². The van der Waals surface area contributed by atoms with E-state index in [1.54, 1.807) is 0 Å². The molecule has 1 aliphatic carbocycles. The first-order valence-electron chi connectivity index (χ1n) is 10.6. The fraction of sp³-hybridized carbons (Fsp3) is 0.542. The third kappa shape index (κ3) is 4.48. The third-order valence-corrected chi connectivity index (χ3v) is 7.21. The molecule has 2 bridgehead atoms. The minimum Gasteiger partial charge on any atom is -0.455 e. The number of hydrogen-bond acceptors (Lipinski definition) is 5. The maximum Gasteiger partial charge on any atom is 0.316 e. The molecule has 1 aromatic carbocycles. The Balaban J connectivity index is 1.30. The van der Waals surface area contributed by atoms with E-state index in [1.807, 2.05) is 42.2 Å². The van der Waals surface area contributed by atoms with Crippen molar-refractivity contribution < 1.29 is 14.3 Å². The fourth-order valence-corrected chi connectivity index (χ4v) is 6.32. The molecule has 2 fully saturated rings. The van der Waals surface area contributed by atoms with E-state index < -0.39 is 0 Å². The number of carbonyl (C=O) groups excluding carboxylic acids is 2. The number of esters is 1. The summed E-state index contributed by atoms with van der Waals surface area (Å²) in [4.78, 5) is 31.5. The molecular formula is C24H30N2O3S. The van der Waals surface area contributed by atoms with Crippen molar-refractivity contribution in [2.75, 3.05) is 18.9 Å². The van der Waals surface area contributed by atoms with Crippen LogP contribution >= 0.6 is 11.8 Å². The number of benzene rings is 1. The Morgan fingerprint density at radius 1 is 1.23 bits per heavy atom. The molecule has 2 atom stereocenters. The van der Waals surface area contributed by atoms with Gasteiger partial charge in [-0.1, -0.05) is 50.7 Å². The Labute approximate surface area is 182 Å². The summed E-state index contributed by atoms with van der Waals surface area (Å²) in [6.07, 6.45) is 3.21. The van der Waals surface area contributed by atoms with Crippen LogP contribution in [0.25, 0.3) is 10.9 Å². The monoisotopic (exact) mass is 426 g/mol. The first-order valence-corrected chi connectivity index (χ1v) is 11.6. The van der Waals surface area contributed by atoms with Crippen molar-refractivity contribution in [3.05, 3.63) is 35.9 Å². The van der Waals surface area contributed by atoms with E-state index in [1.165, 1.54) is 11.8 Å². The van der Waals surface area contributed by atoms with Gasteiger partial charge in [0.2, 0.25) is 0 Å². The van der Waals surface area contributed by atoms with Gasteiger partial charge in [0, 0.05) is 18.0 Å². The third-order valence-electron chi connectivity index (χ3n) is 6.33. The Hall–Kier alpha value is -2.08. The standard InChI is InChI=1S/C24H30N2O3S/c1-16-9-20(25-19-8-6-5-7-18(16)19)30-13-22(28)29-12-21(27)26-15-24(4)11-17(26)10-23(2,3)14-24/h5-9,17H,10-15H2,1-4H3/t17-,24-/m1/s1. The van der Waals surface area contributed by atoms with Crippen LogP contribution < -0.4 is 0 Å². The van der Waals surface area contributed by atoms with E-state index >= 15 is 0 Å². The quantitative estimate of drug-likeness (QED) is 0.516. The number of amides is 1. The van der Waals surface area contributed by atoms with Crippen LogP contribution in [-0.2, 0) is 14.3 Å². The molecule has 1 aliphatic heterocycles. The second kappa shape index (κ2) is 7.88. The first kappa shape index (κ1) is 21.2. The van der Waals surface area contributed by atoms with Crippen LogP contribution in [0.4, 0.5) is 0 Å². The maximum absolute atomic E-state index is 12.7. The molecule has 2 aliphatic rings. The average Bonchev–Trinajstić information content (AvgIpc) is 2.93. The van der Waals surface area contributed by atoms with Gasteiger partial charge in [0.25, 0.3) is 5.91 Å². The predicted octanol–water partition coefficient (Wildman–Crippen LogP) is 4.61. The van der Waals surface area contributed by atoms with Gasteiger partial charge in [0.05, 0.1) is 16.3 Å². The largest absolute Gasteiger partial charge is 0.455 e. The van der Waals surface area contributed by atoms with Crippen LogP contribution in [-0.4, -0.2) is 46.7 Å². The number of likely N-dealkylation sites (tertiary alicyclic amines) is 1. The van der Waals surface area contributed by atoms with E-state index in [0.29, 0.717) is 0 Å². The van der Waals surface area contributed by atoms with Crippen LogP contribution in [0.2, 0.25) is 0 Å². The molecular weight excluding hydrogens is 396 g/mol. The number of carbonyl (C=O) groups is 2. The van der Waals surface area contributed by atoms with Gasteiger partial charge in [0.15, 0.2) is 6.61 Å². The van der Waals surface area contributed by atoms with Gasteiger partial charge < -0.3 is 9.64 Å². The van der Waals surface area contributed by atoms with Gasteiger partial charge in [0.1, 0.15) is 0 Å². The molecule has 1 saturated heterocycles. The summed E-state index contributed by atoms with van der Waals surface area (Å²) >= 11 is 1.35. The van der Waals surface area contributed by atoms with Gasteiger partial charge in [-0.05, 0) is 54.7 Å². The lowest BCUT2D eigenvalue weighted by molar-refractivity contribution is -0.150. The van der Waals surface area contributed by atoms with Crippen molar-refractivity contribution >= 4 is 34.5 Å². The lowest BCUT2D eigenvalue weighted by Crippen LogP contribution is -2.40. The van der Waals surface area contributed by atoms with E-state index in [-0.39, 0.29) is 41.1 Å². The number of fused-ring (bicyclic) bond motifs is 3. The van der Waals surface area contributed by atoms with Crippen LogP contribution in [0.5, 0.6) is 0 Å². The lowest BCUT2D eigenvalue weighted by atomic mass is 9.65. The summed E-state index contributed by atoms with van der Waals surface area (Å²) in [5.74, 6) is -0.305. The smallest absolute Gasteiger partial charge is 0.316 e. The van der Waals surface area contributed by atoms with E-state index in [0.717, 1.165) is 47.3 Å². The van der Waals surface area contributed by atoms with Crippen molar-refractivity contribution in [2.45, 2.75) is 58.0 Å². The predicted molar refractivity (Wildman–Crippen MR) is 119 cm³/mol. The number of rotatable bonds is 5. The summed E-state index contributed by atoms with van der Waals surface area (Å²) in [6.45, 7) is 9.48. The molecule has 2 aromatic rings. The molecule has 0 radical (unpaired) electrons. The van der Waals surface area contributed by atoms with Gasteiger partial charge in [-0.3, -0.25) is 9.59 Å². The molecule has 30 heavy (non-hydrogen) atoms. The summed E-state index contributed by atoms with van der Waals surface area (Å²) in [7, 11) is 0. The SMILES string of the molecule is Cc1cc(SCC(=O)OCC(=O)N2C[C@]3(C)C[C@H]2CC(C)(C)C3)nc2ccccc12. The van der Waals surface area contributed by atoms with Gasteiger partial charge in [-0.2, -0.15) is 0 Å². The number of para-hydroxylation sites is 1. The molecule has 1 aromatic heterocycles. The lowest BCUT2D eigenvalue weighted by Gasteiger charge is -2.39. The molecule has 1 amide bonds. The number of ether oxygens (including phenoxy) is 1. The van der Waals surface area contributed by atoms with E-state index in [4.69, 9.17) is 4.74 Å². The molecule has 0 N–H and O–H groups in total. The first-order chi connectivity index (χ1) is 14.1. The second-order valence-electron chi connectivity index (χ2n) is 9.98. The molecule has 2 heterocycles. The minimum absolute atomic E-state index is 0.0700. The summed E-state index contributed by atoms with van der Waals surface area (Å²) in [5.41, 5.74) is 2.48. The fourth-order valence-electron chi connectivity index (χ4n) is 5.54. The molecule has 160 valence electrons. The second-order valence-corrected chi connectivity index (χ2v) is 11.0. The Kier molecular flexibility index (Phi) is 5.56. The summed E-state index contributed by atoms with van der Waals surface area (Å²) in [5, 5.41) is 1.90. The van der Waals surface area contributed by atoms with Gasteiger partial charge in [-0.15, -0.1) is 0 Å². The molecule has 4 rings (SSSR count). The zero-order chi connectivity index (χ0) is 21.5. The number of aromatic nitrogens is 1. The van der Waals surface area contributed by atoms with Crippen LogP contribution in [0.15, 0.2) is 35.4 Å². The van der Waals surface area contributed by atoms with Crippen molar-refractivity contribution in [1.82, 2.24) is 9.88 Å². The van der Waals surface area contributed by atoms with Crippen molar-refractivity contribution in [1.29, 1.82) is 0 Å². The Morgan fingerprint density at radius 2 is 2.00 bits per heavy atom. The highest BCUT2D eigenvalue weighted by Crippen LogP contribution is 2.52. The van der Waals surface area contributed by atoms with Gasteiger partial charge >= 0.3 is 5.97 Å². The highest BCUT2D eigenvalue weighted by Gasteiger charge is 2.50. The van der Waals surface area contributed by atoms with Crippen molar-refractivity contribution in [2.24, 2.45) is 10.8 Å². The Morgan fingerprint density at radius 3 is 2.80 bits per heavy atom. The minimum atomic E-state index is -0.380. The number of aryl methyl sites for hydroxylation is 1. The zero-order valence-corrected chi connectivity index (χ0v) is 19.1. The Bertz CT molecular complexity index is 990. The normalized spacial score (nSPS) is 24.8. The molecule has 5 nitrogen and oxygen atoms in total. The van der Waals surface area contributed by atoms with Crippen LogP contribution in [0.3, 0.4) is 0 Å². The van der Waals surface area contributed by atoms with Crippen molar-refractivity contribution in [3.8, 4) is 0 Å². The highest BCUT2D eigenvalue weighted by atomic mass is 32.2. The number of thioether (sulfide) groups is 1. The van der Waals surface area contributed by atoms with Crippen LogP contribution in [0, 0.1) is 17.8 Å². The molecule has 0 unspecified atom stereocenters. The molecule has 6 heteroatoms. The highest BCUT2D eigenvalue weighted by molar-refractivity contribution is 7.99. The van der Waals surface area contributed by atoms with Crippen LogP contribution in [0.1, 0.15) is 45.6 Å². The number of hydrogen-bond donors (Lipinski definition) is 0. The topological polar surface area (TPSA) is 59.5 Å². The average molecular weight is 427 g/mol. The number of pyridine rings is 1. The summed E-state index contributed by atoms with van der Waals surface area (Å²) < 4.78 is 5.31. The van der Waals surface area contributed by atoms with Crippen molar-refractivity contribution in [3.63, 3.8) is 0 Å². The number of nitrogens with zero attached hydrogens (tertiary/aromatic N) is 2.